The predicted molar refractivity (Wildman–Crippen MR) is 59.8 cm³/mol. The van der Waals surface area contributed by atoms with E-state index < -0.39 is 4.92 Å². The van der Waals surface area contributed by atoms with Gasteiger partial charge >= 0.3 is 0 Å². The SMILES string of the molecule is COCC(C)Oc1ccc([N+](=O)[O-])c(C#N)c1. The zero-order chi connectivity index (χ0) is 12.8. The summed E-state index contributed by atoms with van der Waals surface area (Å²) in [6, 6.07) is 5.84. The highest BCUT2D eigenvalue weighted by atomic mass is 16.6. The topological polar surface area (TPSA) is 85.4 Å². The Labute approximate surface area is 98.5 Å². The Morgan fingerprint density at radius 3 is 2.82 bits per heavy atom. The molecule has 1 aromatic carbocycles. The van der Waals surface area contributed by atoms with Crippen LogP contribution >= 0.6 is 0 Å². The van der Waals surface area contributed by atoms with Gasteiger partial charge in [0.25, 0.3) is 5.69 Å². The predicted octanol–water partition coefficient (Wildman–Crippen LogP) is 1.88. The van der Waals surface area contributed by atoms with E-state index in [2.05, 4.69) is 0 Å². The van der Waals surface area contributed by atoms with Gasteiger partial charge in [0.15, 0.2) is 0 Å². The van der Waals surface area contributed by atoms with Gasteiger partial charge in [-0.25, -0.2) is 0 Å². The second kappa shape index (κ2) is 5.82. The number of benzene rings is 1. The summed E-state index contributed by atoms with van der Waals surface area (Å²) in [5.74, 6) is 0.414. The van der Waals surface area contributed by atoms with Crippen molar-refractivity contribution in [3.05, 3.63) is 33.9 Å². The molecule has 0 aliphatic carbocycles. The molecule has 0 saturated heterocycles. The van der Waals surface area contributed by atoms with Gasteiger partial charge in [-0.05, 0) is 13.0 Å². The van der Waals surface area contributed by atoms with Crippen LogP contribution in [-0.4, -0.2) is 24.7 Å². The van der Waals surface area contributed by atoms with Gasteiger partial charge in [0, 0.05) is 19.2 Å². The molecule has 0 N–H and O–H groups in total. The minimum atomic E-state index is -0.596. The van der Waals surface area contributed by atoms with Gasteiger partial charge in [0.2, 0.25) is 0 Å². The maximum Gasteiger partial charge on any atom is 0.287 e. The molecule has 6 nitrogen and oxygen atoms in total. The molecule has 0 radical (unpaired) electrons. The van der Waals surface area contributed by atoms with Crippen LogP contribution in [0.1, 0.15) is 12.5 Å². The lowest BCUT2D eigenvalue weighted by Crippen LogP contribution is -2.17. The van der Waals surface area contributed by atoms with Gasteiger partial charge in [0.1, 0.15) is 23.5 Å². The molecule has 0 amide bonds. The number of ether oxygens (including phenoxy) is 2. The molecule has 1 aromatic rings. The van der Waals surface area contributed by atoms with Crippen molar-refractivity contribution in [2.75, 3.05) is 13.7 Å². The largest absolute Gasteiger partial charge is 0.488 e. The molecule has 0 aliphatic rings. The van der Waals surface area contributed by atoms with E-state index in [9.17, 15) is 10.1 Å². The van der Waals surface area contributed by atoms with Crippen molar-refractivity contribution in [1.82, 2.24) is 0 Å². The monoisotopic (exact) mass is 236 g/mol. The molecule has 0 heterocycles. The average Bonchev–Trinajstić information content (AvgIpc) is 2.28. The molecule has 0 aromatic heterocycles. The van der Waals surface area contributed by atoms with Crippen LogP contribution in [0.4, 0.5) is 5.69 Å². The van der Waals surface area contributed by atoms with E-state index in [1.807, 2.05) is 0 Å². The fraction of sp³-hybridized carbons (Fsp3) is 0.364. The van der Waals surface area contributed by atoms with Crippen LogP contribution < -0.4 is 4.74 Å². The summed E-state index contributed by atoms with van der Waals surface area (Å²) in [5, 5.41) is 19.4. The smallest absolute Gasteiger partial charge is 0.287 e. The third kappa shape index (κ3) is 3.43. The van der Waals surface area contributed by atoms with Gasteiger partial charge in [-0.15, -0.1) is 0 Å². The van der Waals surface area contributed by atoms with Crippen LogP contribution in [-0.2, 0) is 4.74 Å². The van der Waals surface area contributed by atoms with Crippen molar-refractivity contribution in [1.29, 1.82) is 5.26 Å². The summed E-state index contributed by atoms with van der Waals surface area (Å²) in [5.41, 5.74) is -0.239. The molecule has 0 fully saturated rings. The van der Waals surface area contributed by atoms with Gasteiger partial charge < -0.3 is 9.47 Å². The lowest BCUT2D eigenvalue weighted by molar-refractivity contribution is -0.385. The summed E-state index contributed by atoms with van der Waals surface area (Å²) in [6.45, 7) is 2.20. The molecule has 90 valence electrons. The minimum Gasteiger partial charge on any atom is -0.488 e. The van der Waals surface area contributed by atoms with Gasteiger partial charge in [-0.1, -0.05) is 0 Å². The lowest BCUT2D eigenvalue weighted by atomic mass is 10.2. The molecule has 6 heteroatoms. The van der Waals surface area contributed by atoms with Crippen molar-refractivity contribution in [2.45, 2.75) is 13.0 Å². The summed E-state index contributed by atoms with van der Waals surface area (Å²) in [4.78, 5) is 10.0. The van der Waals surface area contributed by atoms with Gasteiger partial charge in [-0.2, -0.15) is 5.26 Å². The molecule has 1 atom stereocenters. The Balaban J connectivity index is 2.91. The Hall–Kier alpha value is -2.13. The van der Waals surface area contributed by atoms with Crippen molar-refractivity contribution in [2.24, 2.45) is 0 Å². The van der Waals surface area contributed by atoms with Crippen molar-refractivity contribution in [3.8, 4) is 11.8 Å². The normalized spacial score (nSPS) is 11.6. The Morgan fingerprint density at radius 2 is 2.29 bits per heavy atom. The highest BCUT2D eigenvalue weighted by Crippen LogP contribution is 2.23. The van der Waals surface area contributed by atoms with Crippen LogP contribution in [0.2, 0.25) is 0 Å². The molecule has 0 bridgehead atoms. The number of hydrogen-bond donors (Lipinski definition) is 0. The van der Waals surface area contributed by atoms with E-state index in [0.717, 1.165) is 0 Å². The van der Waals surface area contributed by atoms with E-state index in [0.29, 0.717) is 12.4 Å². The highest BCUT2D eigenvalue weighted by Gasteiger charge is 2.15. The van der Waals surface area contributed by atoms with Gasteiger partial charge in [-0.3, -0.25) is 10.1 Å². The first kappa shape index (κ1) is 12.9. The Morgan fingerprint density at radius 1 is 1.59 bits per heavy atom. The fourth-order valence-corrected chi connectivity index (χ4v) is 1.34. The zero-order valence-electron chi connectivity index (χ0n) is 9.54. The number of rotatable bonds is 5. The third-order valence-corrected chi connectivity index (χ3v) is 2.02. The first-order chi connectivity index (χ1) is 8.08. The first-order valence-electron chi connectivity index (χ1n) is 4.92. The molecule has 1 unspecified atom stereocenters. The molecule has 0 spiro atoms. The van der Waals surface area contributed by atoms with Gasteiger partial charge in [0.05, 0.1) is 11.5 Å². The second-order valence-corrected chi connectivity index (χ2v) is 3.43. The maximum atomic E-state index is 10.6. The van der Waals surface area contributed by atoms with E-state index in [-0.39, 0.29) is 17.4 Å². The van der Waals surface area contributed by atoms with E-state index in [4.69, 9.17) is 14.7 Å². The average molecular weight is 236 g/mol. The molecular weight excluding hydrogens is 224 g/mol. The molecule has 1 rings (SSSR count). The van der Waals surface area contributed by atoms with Crippen LogP contribution in [0.15, 0.2) is 18.2 Å². The standard InChI is InChI=1S/C11H12N2O4/c1-8(7-16-2)17-10-3-4-11(13(14)15)9(5-10)6-12/h3-5,8H,7H2,1-2H3. The summed E-state index contributed by atoms with van der Waals surface area (Å²) in [7, 11) is 1.55. The molecule has 17 heavy (non-hydrogen) atoms. The van der Waals surface area contributed by atoms with Crippen LogP contribution in [0.3, 0.4) is 0 Å². The van der Waals surface area contributed by atoms with Crippen LogP contribution in [0.5, 0.6) is 5.75 Å². The van der Waals surface area contributed by atoms with E-state index in [1.165, 1.54) is 18.2 Å². The number of nitrogens with zero attached hydrogens (tertiary/aromatic N) is 2. The van der Waals surface area contributed by atoms with Crippen LogP contribution in [0.25, 0.3) is 0 Å². The highest BCUT2D eigenvalue weighted by molar-refractivity contribution is 5.52. The molecule has 0 aliphatic heterocycles. The lowest BCUT2D eigenvalue weighted by Gasteiger charge is -2.13. The van der Waals surface area contributed by atoms with E-state index >= 15 is 0 Å². The quantitative estimate of drug-likeness (QED) is 0.575. The fourth-order valence-electron chi connectivity index (χ4n) is 1.34. The molecular formula is C11H12N2O4. The summed E-state index contributed by atoms with van der Waals surface area (Å²) < 4.78 is 10.3. The first-order valence-corrected chi connectivity index (χ1v) is 4.92. The number of methoxy groups -OCH3 is 1. The zero-order valence-corrected chi connectivity index (χ0v) is 9.54. The van der Waals surface area contributed by atoms with Crippen molar-refractivity contribution in [3.63, 3.8) is 0 Å². The Bertz CT molecular complexity index is 453. The van der Waals surface area contributed by atoms with Crippen molar-refractivity contribution < 1.29 is 14.4 Å². The van der Waals surface area contributed by atoms with Crippen LogP contribution in [0, 0.1) is 21.4 Å². The van der Waals surface area contributed by atoms with E-state index in [1.54, 1.807) is 20.1 Å². The number of nitro benzene ring substituents is 1. The number of hydrogen-bond acceptors (Lipinski definition) is 5. The molecule has 0 saturated carbocycles. The second-order valence-electron chi connectivity index (χ2n) is 3.43. The third-order valence-electron chi connectivity index (χ3n) is 2.02. The summed E-state index contributed by atoms with van der Waals surface area (Å²) >= 11 is 0. The number of nitro groups is 1. The maximum absolute atomic E-state index is 10.6. The van der Waals surface area contributed by atoms with Crippen molar-refractivity contribution >= 4 is 5.69 Å². The summed E-state index contributed by atoms with van der Waals surface area (Å²) in [6.07, 6.45) is -0.187. The Kier molecular flexibility index (Phi) is 4.43. The minimum absolute atomic E-state index is 0.0166. The number of nitriles is 1.